The molecule has 0 aliphatic rings. The normalized spacial score (nSPS) is 14.1. The molecule has 3 nitrogen and oxygen atoms in total. The van der Waals surface area contributed by atoms with Gasteiger partial charge in [0.25, 0.3) is 0 Å². The second-order valence-electron chi connectivity index (χ2n) is 7.63. The third-order valence-corrected chi connectivity index (χ3v) is 5.86. The van der Waals surface area contributed by atoms with Gasteiger partial charge in [-0.3, -0.25) is 4.21 Å². The summed E-state index contributed by atoms with van der Waals surface area (Å²) in [4.78, 5) is 0. The Morgan fingerprint density at radius 3 is 1.77 bits per heavy atom. The van der Waals surface area contributed by atoms with Gasteiger partial charge in [-0.2, -0.15) is 0 Å². The molecule has 1 unspecified atom stereocenters. The minimum Gasteiger partial charge on any atom is -0.252 e. The van der Waals surface area contributed by atoms with E-state index in [2.05, 4.69) is 69.9 Å². The van der Waals surface area contributed by atoms with E-state index in [1.54, 1.807) is 6.26 Å². The van der Waals surface area contributed by atoms with Crippen molar-refractivity contribution < 1.29 is 4.21 Å². The van der Waals surface area contributed by atoms with Gasteiger partial charge in [-0.1, -0.05) is 58.9 Å². The SMILES string of the molecule is CS(=O)c1nnc(-c2cc(C(C)(C)C)cc(C(C)(C)C)c2)s1. The summed E-state index contributed by atoms with van der Waals surface area (Å²) in [6.07, 6.45) is 1.64. The van der Waals surface area contributed by atoms with Gasteiger partial charge in [-0.05, 0) is 34.1 Å². The number of nitrogens with zero attached hydrogens (tertiary/aromatic N) is 2. The molecule has 0 fully saturated rings. The maximum atomic E-state index is 11.6. The van der Waals surface area contributed by atoms with Crippen molar-refractivity contribution in [3.05, 3.63) is 29.3 Å². The molecule has 0 aliphatic heterocycles. The van der Waals surface area contributed by atoms with Crippen molar-refractivity contribution in [3.63, 3.8) is 0 Å². The van der Waals surface area contributed by atoms with E-state index < -0.39 is 10.8 Å². The smallest absolute Gasteiger partial charge is 0.204 e. The minimum absolute atomic E-state index is 0.0666. The van der Waals surface area contributed by atoms with Gasteiger partial charge in [0, 0.05) is 11.8 Å². The van der Waals surface area contributed by atoms with Crippen LogP contribution in [0.15, 0.2) is 22.5 Å². The Morgan fingerprint density at radius 2 is 1.41 bits per heavy atom. The Morgan fingerprint density at radius 1 is 0.909 bits per heavy atom. The van der Waals surface area contributed by atoms with Crippen molar-refractivity contribution in [2.24, 2.45) is 0 Å². The molecule has 1 heterocycles. The Balaban J connectivity index is 2.61. The zero-order chi connectivity index (χ0) is 16.7. The maximum Gasteiger partial charge on any atom is 0.204 e. The molecule has 0 aliphatic carbocycles. The highest BCUT2D eigenvalue weighted by molar-refractivity contribution is 7.86. The van der Waals surface area contributed by atoms with Crippen LogP contribution in [0.5, 0.6) is 0 Å². The number of benzene rings is 1. The summed E-state index contributed by atoms with van der Waals surface area (Å²) in [7, 11) is -1.08. The summed E-state index contributed by atoms with van der Waals surface area (Å²) in [6.45, 7) is 13.3. The fraction of sp³-hybridized carbons (Fsp3) is 0.529. The van der Waals surface area contributed by atoms with E-state index in [0.717, 1.165) is 10.6 Å². The molecule has 120 valence electrons. The first-order valence-electron chi connectivity index (χ1n) is 7.32. The molecule has 22 heavy (non-hydrogen) atoms. The summed E-state index contributed by atoms with van der Waals surface area (Å²) < 4.78 is 12.1. The van der Waals surface area contributed by atoms with Crippen molar-refractivity contribution in [1.29, 1.82) is 0 Å². The summed E-state index contributed by atoms with van der Waals surface area (Å²) >= 11 is 1.41. The Hall–Kier alpha value is -1.07. The first kappa shape index (κ1) is 17.3. The summed E-state index contributed by atoms with van der Waals surface area (Å²) in [5, 5.41) is 9.11. The Bertz CT molecular complexity index is 674. The molecule has 1 aromatic heterocycles. The third kappa shape index (κ3) is 3.82. The number of aromatic nitrogens is 2. The summed E-state index contributed by atoms with van der Waals surface area (Å²) in [5.41, 5.74) is 3.76. The first-order valence-corrected chi connectivity index (χ1v) is 9.69. The van der Waals surface area contributed by atoms with E-state index in [9.17, 15) is 4.21 Å². The fourth-order valence-electron chi connectivity index (χ4n) is 2.06. The lowest BCUT2D eigenvalue weighted by molar-refractivity contribution is 0.569. The van der Waals surface area contributed by atoms with Crippen LogP contribution in [-0.4, -0.2) is 20.7 Å². The third-order valence-electron chi connectivity index (χ3n) is 3.56. The Kier molecular flexibility index (Phi) is 4.60. The van der Waals surface area contributed by atoms with Crippen LogP contribution in [0.3, 0.4) is 0 Å². The highest BCUT2D eigenvalue weighted by atomic mass is 32.2. The molecule has 2 aromatic rings. The zero-order valence-electron chi connectivity index (χ0n) is 14.4. The molecular formula is C17H24N2OS2. The fourth-order valence-corrected chi connectivity index (χ4v) is 3.49. The maximum absolute atomic E-state index is 11.6. The first-order chi connectivity index (χ1) is 9.98. The van der Waals surface area contributed by atoms with Gasteiger partial charge in [0.15, 0.2) is 0 Å². The van der Waals surface area contributed by atoms with Gasteiger partial charge in [-0.15, -0.1) is 10.2 Å². The van der Waals surface area contributed by atoms with Crippen LogP contribution < -0.4 is 0 Å². The van der Waals surface area contributed by atoms with Crippen LogP contribution in [0, 0.1) is 0 Å². The van der Waals surface area contributed by atoms with Crippen molar-refractivity contribution in [2.75, 3.05) is 6.26 Å². The molecule has 2 rings (SSSR count). The van der Waals surface area contributed by atoms with Crippen LogP contribution in [0.25, 0.3) is 10.6 Å². The Labute approximate surface area is 139 Å². The number of hydrogen-bond donors (Lipinski definition) is 0. The molecule has 5 heteroatoms. The standard InChI is InChI=1S/C17H24N2OS2/c1-16(2,3)12-8-11(9-13(10-12)17(4,5)6)14-18-19-15(21-14)22(7)20/h8-10H,1-7H3. The van der Waals surface area contributed by atoms with E-state index in [1.165, 1.54) is 22.5 Å². The predicted molar refractivity (Wildman–Crippen MR) is 95.1 cm³/mol. The van der Waals surface area contributed by atoms with E-state index in [4.69, 9.17) is 0 Å². The highest BCUT2D eigenvalue weighted by Crippen LogP contribution is 2.35. The monoisotopic (exact) mass is 336 g/mol. The topological polar surface area (TPSA) is 42.9 Å². The van der Waals surface area contributed by atoms with Crippen LogP contribution in [0.2, 0.25) is 0 Å². The van der Waals surface area contributed by atoms with Gasteiger partial charge in [0.1, 0.15) is 5.01 Å². The van der Waals surface area contributed by atoms with E-state index in [0.29, 0.717) is 4.34 Å². The summed E-state index contributed by atoms with van der Waals surface area (Å²) in [6, 6.07) is 6.64. The number of hydrogen-bond acceptors (Lipinski definition) is 4. The molecule has 0 amide bonds. The lowest BCUT2D eigenvalue weighted by Crippen LogP contribution is -2.16. The molecule has 0 radical (unpaired) electrons. The van der Waals surface area contributed by atoms with E-state index in [-0.39, 0.29) is 10.8 Å². The van der Waals surface area contributed by atoms with Gasteiger partial charge >= 0.3 is 0 Å². The molecule has 1 atom stereocenters. The van der Waals surface area contributed by atoms with Gasteiger partial charge < -0.3 is 0 Å². The van der Waals surface area contributed by atoms with Crippen LogP contribution in [0.1, 0.15) is 52.7 Å². The van der Waals surface area contributed by atoms with Crippen LogP contribution in [0.4, 0.5) is 0 Å². The summed E-state index contributed by atoms with van der Waals surface area (Å²) in [5.74, 6) is 0. The van der Waals surface area contributed by atoms with E-state index >= 15 is 0 Å². The molecule has 0 spiro atoms. The second-order valence-corrected chi connectivity index (χ2v) is 10.2. The molecule has 0 saturated heterocycles. The second kappa shape index (κ2) is 5.85. The van der Waals surface area contributed by atoms with E-state index in [1.807, 2.05) is 0 Å². The molecule has 0 N–H and O–H groups in total. The molecule has 0 bridgehead atoms. The lowest BCUT2D eigenvalue weighted by Gasteiger charge is -2.25. The van der Waals surface area contributed by atoms with Gasteiger partial charge in [0.2, 0.25) is 4.34 Å². The van der Waals surface area contributed by atoms with Crippen LogP contribution >= 0.6 is 11.3 Å². The number of rotatable bonds is 2. The van der Waals surface area contributed by atoms with Gasteiger partial charge in [0.05, 0.1) is 10.8 Å². The minimum atomic E-state index is -1.08. The quantitative estimate of drug-likeness (QED) is 0.809. The average Bonchev–Trinajstić information content (AvgIpc) is 2.85. The van der Waals surface area contributed by atoms with Crippen molar-refractivity contribution in [2.45, 2.75) is 56.7 Å². The predicted octanol–water partition coefficient (Wildman–Crippen LogP) is 4.54. The molecule has 0 saturated carbocycles. The van der Waals surface area contributed by atoms with Crippen molar-refractivity contribution in [1.82, 2.24) is 10.2 Å². The largest absolute Gasteiger partial charge is 0.252 e. The zero-order valence-corrected chi connectivity index (χ0v) is 16.0. The van der Waals surface area contributed by atoms with Crippen molar-refractivity contribution in [3.8, 4) is 10.6 Å². The lowest BCUT2D eigenvalue weighted by atomic mass is 9.79. The highest BCUT2D eigenvalue weighted by Gasteiger charge is 2.22. The molecule has 1 aromatic carbocycles. The van der Waals surface area contributed by atoms with Crippen molar-refractivity contribution >= 4 is 22.1 Å². The molecular weight excluding hydrogens is 312 g/mol. The van der Waals surface area contributed by atoms with Crippen LogP contribution in [-0.2, 0) is 21.6 Å². The average molecular weight is 337 g/mol. The van der Waals surface area contributed by atoms with Gasteiger partial charge in [-0.25, -0.2) is 0 Å².